The maximum absolute atomic E-state index is 12.8. The van der Waals surface area contributed by atoms with E-state index in [0.29, 0.717) is 31.5 Å². The molecule has 1 saturated heterocycles. The molecule has 36 heavy (non-hydrogen) atoms. The standard InChI is InChI=1S/C29H43N3O4/c1-22-27(19-30-26-16-9-17-34-21-26)31-29(36-22)25(15-8-14-23-10-4-2-5-11-23)18-28(33)32-35-20-24-12-6-3-7-13-24/h3,6-7,12-13,23,25-26,30H,2,4-5,8-11,14-21H2,1H3,(H,32,33)/t25-,26?/m1/s1. The topological polar surface area (TPSA) is 85.6 Å². The van der Waals surface area contributed by atoms with Crippen LogP contribution in [0.2, 0.25) is 0 Å². The second-order valence-electron chi connectivity index (χ2n) is 10.5. The van der Waals surface area contributed by atoms with Crippen LogP contribution in [0.25, 0.3) is 0 Å². The number of nitrogens with zero attached hydrogens (tertiary/aromatic N) is 1. The highest BCUT2D eigenvalue weighted by atomic mass is 16.6. The Kier molecular flexibility index (Phi) is 10.8. The zero-order valence-electron chi connectivity index (χ0n) is 21.8. The number of oxazole rings is 1. The summed E-state index contributed by atoms with van der Waals surface area (Å²) >= 11 is 0. The molecule has 1 amide bonds. The summed E-state index contributed by atoms with van der Waals surface area (Å²) in [6.07, 6.45) is 12.5. The summed E-state index contributed by atoms with van der Waals surface area (Å²) in [5, 5.41) is 3.55. The molecule has 4 rings (SSSR count). The first-order valence-electron chi connectivity index (χ1n) is 13.9. The van der Waals surface area contributed by atoms with Gasteiger partial charge in [0, 0.05) is 31.5 Å². The first-order chi connectivity index (χ1) is 17.7. The predicted molar refractivity (Wildman–Crippen MR) is 139 cm³/mol. The minimum Gasteiger partial charge on any atom is -0.445 e. The van der Waals surface area contributed by atoms with Crippen LogP contribution in [0.5, 0.6) is 0 Å². The van der Waals surface area contributed by atoms with Gasteiger partial charge >= 0.3 is 0 Å². The average Bonchev–Trinajstić information content (AvgIpc) is 3.29. The van der Waals surface area contributed by atoms with Crippen LogP contribution in [-0.4, -0.2) is 30.1 Å². The number of aryl methyl sites for hydroxylation is 1. The summed E-state index contributed by atoms with van der Waals surface area (Å²) in [6.45, 7) is 4.57. The van der Waals surface area contributed by atoms with Crippen LogP contribution in [0.1, 0.15) is 99.5 Å². The van der Waals surface area contributed by atoms with Crippen LogP contribution in [0.15, 0.2) is 34.7 Å². The van der Waals surface area contributed by atoms with E-state index in [1.165, 1.54) is 38.5 Å². The number of rotatable bonds is 13. The number of amides is 1. The smallest absolute Gasteiger partial charge is 0.244 e. The summed E-state index contributed by atoms with van der Waals surface area (Å²) in [5.74, 6) is 2.13. The van der Waals surface area contributed by atoms with Gasteiger partial charge in [-0.15, -0.1) is 0 Å². The van der Waals surface area contributed by atoms with E-state index in [4.69, 9.17) is 19.0 Å². The van der Waals surface area contributed by atoms with Gasteiger partial charge < -0.3 is 14.5 Å². The average molecular weight is 498 g/mol. The van der Waals surface area contributed by atoms with Crippen LogP contribution >= 0.6 is 0 Å². The largest absolute Gasteiger partial charge is 0.445 e. The van der Waals surface area contributed by atoms with Crippen molar-refractivity contribution in [3.63, 3.8) is 0 Å². The van der Waals surface area contributed by atoms with E-state index in [-0.39, 0.29) is 11.8 Å². The third-order valence-electron chi connectivity index (χ3n) is 7.57. The van der Waals surface area contributed by atoms with Crippen molar-refractivity contribution in [2.24, 2.45) is 5.92 Å². The number of hydrogen-bond donors (Lipinski definition) is 2. The molecule has 1 aromatic carbocycles. The van der Waals surface area contributed by atoms with Crippen LogP contribution in [-0.2, 0) is 27.5 Å². The molecule has 2 aromatic rings. The highest BCUT2D eigenvalue weighted by molar-refractivity contribution is 5.75. The molecule has 1 aliphatic heterocycles. The van der Waals surface area contributed by atoms with Crippen molar-refractivity contribution < 1.29 is 18.8 Å². The Morgan fingerprint density at radius 3 is 2.75 bits per heavy atom. The Hall–Kier alpha value is -2.22. The van der Waals surface area contributed by atoms with E-state index in [9.17, 15) is 4.79 Å². The van der Waals surface area contributed by atoms with Gasteiger partial charge in [0.15, 0.2) is 5.89 Å². The van der Waals surface area contributed by atoms with Crippen molar-refractivity contribution in [3.8, 4) is 0 Å². The quantitative estimate of drug-likeness (QED) is 0.344. The monoisotopic (exact) mass is 497 g/mol. The minimum absolute atomic E-state index is 0.0561. The summed E-state index contributed by atoms with van der Waals surface area (Å²) in [5.41, 5.74) is 4.57. The second-order valence-corrected chi connectivity index (χ2v) is 10.5. The number of carbonyl (C=O) groups is 1. The molecule has 1 unspecified atom stereocenters. The third-order valence-corrected chi connectivity index (χ3v) is 7.57. The lowest BCUT2D eigenvalue weighted by Crippen LogP contribution is -2.36. The zero-order valence-corrected chi connectivity index (χ0v) is 21.8. The molecule has 0 radical (unpaired) electrons. The molecule has 1 saturated carbocycles. The summed E-state index contributed by atoms with van der Waals surface area (Å²) in [7, 11) is 0. The van der Waals surface area contributed by atoms with Crippen LogP contribution in [0.3, 0.4) is 0 Å². The molecule has 2 atom stereocenters. The summed E-state index contributed by atoms with van der Waals surface area (Å²) in [4.78, 5) is 23.1. The van der Waals surface area contributed by atoms with E-state index in [1.54, 1.807) is 0 Å². The van der Waals surface area contributed by atoms with Gasteiger partial charge in [-0.3, -0.25) is 9.63 Å². The normalized spacial score (nSPS) is 19.8. The highest BCUT2D eigenvalue weighted by Crippen LogP contribution is 2.32. The van der Waals surface area contributed by atoms with Gasteiger partial charge in [-0.2, -0.15) is 0 Å². The first-order valence-corrected chi connectivity index (χ1v) is 13.9. The second kappa shape index (κ2) is 14.5. The van der Waals surface area contributed by atoms with Crippen molar-refractivity contribution in [1.29, 1.82) is 0 Å². The van der Waals surface area contributed by atoms with Gasteiger partial charge in [-0.25, -0.2) is 10.5 Å². The molecule has 1 aromatic heterocycles. The molecule has 7 nitrogen and oxygen atoms in total. The Bertz CT molecular complexity index is 904. The Morgan fingerprint density at radius 2 is 1.97 bits per heavy atom. The molecular weight excluding hydrogens is 454 g/mol. The minimum atomic E-state index is -0.136. The summed E-state index contributed by atoms with van der Waals surface area (Å²) in [6, 6.07) is 10.2. The van der Waals surface area contributed by atoms with Gasteiger partial charge in [0.1, 0.15) is 5.76 Å². The zero-order chi connectivity index (χ0) is 25.0. The predicted octanol–water partition coefficient (Wildman–Crippen LogP) is 5.72. The Balaban J connectivity index is 1.32. The number of hydrogen-bond acceptors (Lipinski definition) is 6. The van der Waals surface area contributed by atoms with Crippen molar-refractivity contribution >= 4 is 5.91 Å². The molecule has 0 bridgehead atoms. The van der Waals surface area contributed by atoms with Gasteiger partial charge in [0.2, 0.25) is 5.91 Å². The van der Waals surface area contributed by atoms with E-state index >= 15 is 0 Å². The number of ether oxygens (including phenoxy) is 1. The van der Waals surface area contributed by atoms with Gasteiger partial charge in [0.05, 0.1) is 18.9 Å². The molecule has 0 spiro atoms. The Labute approximate surface area is 215 Å². The van der Waals surface area contributed by atoms with Gasteiger partial charge in [-0.1, -0.05) is 75.3 Å². The maximum atomic E-state index is 12.8. The fourth-order valence-electron chi connectivity index (χ4n) is 5.41. The van der Waals surface area contributed by atoms with E-state index in [2.05, 4.69) is 10.8 Å². The number of aromatic nitrogens is 1. The number of nitrogens with one attached hydrogen (secondary N) is 2. The highest BCUT2D eigenvalue weighted by Gasteiger charge is 2.24. The molecule has 198 valence electrons. The lowest BCUT2D eigenvalue weighted by Gasteiger charge is -2.22. The third kappa shape index (κ3) is 8.71. The van der Waals surface area contributed by atoms with Crippen molar-refractivity contribution in [2.75, 3.05) is 13.2 Å². The van der Waals surface area contributed by atoms with Crippen LogP contribution in [0, 0.1) is 12.8 Å². The van der Waals surface area contributed by atoms with Gasteiger partial charge in [-0.05, 0) is 37.7 Å². The van der Waals surface area contributed by atoms with Gasteiger partial charge in [0.25, 0.3) is 0 Å². The maximum Gasteiger partial charge on any atom is 0.244 e. The van der Waals surface area contributed by atoms with E-state index in [0.717, 1.165) is 61.8 Å². The summed E-state index contributed by atoms with van der Waals surface area (Å²) < 4.78 is 11.7. The fraction of sp³-hybridized carbons (Fsp3) is 0.655. The number of hydroxylamine groups is 1. The fourth-order valence-corrected chi connectivity index (χ4v) is 5.41. The lowest BCUT2D eigenvalue weighted by atomic mass is 9.84. The van der Waals surface area contributed by atoms with Crippen LogP contribution in [0.4, 0.5) is 0 Å². The number of benzene rings is 1. The first kappa shape index (κ1) is 26.8. The van der Waals surface area contributed by atoms with E-state index < -0.39 is 0 Å². The SMILES string of the molecule is Cc1oc([C@H](CCCC2CCCCC2)CC(=O)NOCc2ccccc2)nc1CNC1CCCOC1. The molecule has 2 N–H and O–H groups in total. The van der Waals surface area contributed by atoms with Crippen LogP contribution < -0.4 is 10.8 Å². The van der Waals surface area contributed by atoms with Crippen molar-refractivity contribution in [3.05, 3.63) is 53.2 Å². The molecule has 2 aliphatic rings. The van der Waals surface area contributed by atoms with Crippen molar-refractivity contribution in [2.45, 2.75) is 103 Å². The Morgan fingerprint density at radius 1 is 1.14 bits per heavy atom. The molecule has 2 fully saturated rings. The molecule has 1 aliphatic carbocycles. The van der Waals surface area contributed by atoms with E-state index in [1.807, 2.05) is 37.3 Å². The molecular formula is C29H43N3O4. The van der Waals surface area contributed by atoms with Crippen molar-refractivity contribution in [1.82, 2.24) is 15.8 Å². The molecule has 2 heterocycles. The number of carbonyl (C=O) groups excluding carboxylic acids is 1. The molecule has 7 heteroatoms. The lowest BCUT2D eigenvalue weighted by molar-refractivity contribution is -0.135.